The molecule has 2 rings (SSSR count). The summed E-state index contributed by atoms with van der Waals surface area (Å²) in [6, 6.07) is 6.37. The molecule has 2 aromatic heterocycles. The highest BCUT2D eigenvalue weighted by Crippen LogP contribution is 2.32. The van der Waals surface area contributed by atoms with Gasteiger partial charge in [0.05, 0.1) is 24.3 Å². The van der Waals surface area contributed by atoms with Crippen LogP contribution in [0.5, 0.6) is 5.88 Å². The van der Waals surface area contributed by atoms with Crippen LogP contribution in [0.15, 0.2) is 41.7 Å². The van der Waals surface area contributed by atoms with Gasteiger partial charge in [0.25, 0.3) is 0 Å². The fraction of sp³-hybridized carbons (Fsp3) is 0.353. The van der Waals surface area contributed by atoms with E-state index in [-0.39, 0.29) is 41.5 Å². The largest absolute Gasteiger partial charge is 0.475 e. The second-order valence-corrected chi connectivity index (χ2v) is 5.71. The van der Waals surface area contributed by atoms with Gasteiger partial charge in [-0.05, 0) is 25.1 Å². The van der Waals surface area contributed by atoms with Crippen molar-refractivity contribution < 1.29 is 17.9 Å². The lowest BCUT2D eigenvalue weighted by atomic mass is 10.3. The lowest BCUT2D eigenvalue weighted by Gasteiger charge is -2.13. The third-order valence-electron chi connectivity index (χ3n) is 3.24. The molecule has 0 fully saturated rings. The molecule has 6 nitrogen and oxygen atoms in total. The molecule has 0 unspecified atom stereocenters. The van der Waals surface area contributed by atoms with Gasteiger partial charge in [-0.1, -0.05) is 17.7 Å². The molecule has 11 heteroatoms. The van der Waals surface area contributed by atoms with Crippen molar-refractivity contribution >= 4 is 41.5 Å². The molecule has 0 saturated carbocycles. The summed E-state index contributed by atoms with van der Waals surface area (Å²) < 4.78 is 43.1. The van der Waals surface area contributed by atoms with E-state index < -0.39 is 11.7 Å². The molecule has 154 valence electrons. The molecule has 0 aliphatic heterocycles. The summed E-state index contributed by atoms with van der Waals surface area (Å²) in [4.78, 5) is 12.2. The van der Waals surface area contributed by atoms with Crippen LogP contribution in [0.3, 0.4) is 0 Å². The van der Waals surface area contributed by atoms with Crippen molar-refractivity contribution in [1.82, 2.24) is 20.6 Å². The zero-order chi connectivity index (χ0) is 19.7. The van der Waals surface area contributed by atoms with E-state index in [2.05, 4.69) is 25.6 Å². The number of aliphatic imine (C=N–C) groups is 1. The summed E-state index contributed by atoms with van der Waals surface area (Å²) >= 11 is 5.79. The number of halogens is 5. The van der Waals surface area contributed by atoms with Crippen LogP contribution in [-0.2, 0) is 12.7 Å². The Bertz CT molecular complexity index is 762. The van der Waals surface area contributed by atoms with Crippen LogP contribution >= 0.6 is 35.6 Å². The Morgan fingerprint density at radius 3 is 2.64 bits per heavy atom. The molecule has 28 heavy (non-hydrogen) atoms. The van der Waals surface area contributed by atoms with E-state index in [1.54, 1.807) is 6.20 Å². The van der Waals surface area contributed by atoms with Gasteiger partial charge in [-0.2, -0.15) is 13.2 Å². The van der Waals surface area contributed by atoms with E-state index in [0.29, 0.717) is 31.8 Å². The van der Waals surface area contributed by atoms with Gasteiger partial charge in [-0.15, -0.1) is 24.0 Å². The van der Waals surface area contributed by atoms with Gasteiger partial charge in [0.1, 0.15) is 11.6 Å². The summed E-state index contributed by atoms with van der Waals surface area (Å²) in [5.41, 5.74) is -0.0965. The van der Waals surface area contributed by atoms with E-state index in [1.165, 1.54) is 0 Å². The van der Waals surface area contributed by atoms with Crippen LogP contribution in [-0.4, -0.2) is 35.6 Å². The Morgan fingerprint density at radius 1 is 1.25 bits per heavy atom. The number of aromatic nitrogens is 2. The molecule has 0 atom stereocenters. The van der Waals surface area contributed by atoms with E-state index >= 15 is 0 Å². The average molecular weight is 530 g/mol. The van der Waals surface area contributed by atoms with Gasteiger partial charge < -0.3 is 15.4 Å². The van der Waals surface area contributed by atoms with Gasteiger partial charge in [0, 0.05) is 18.9 Å². The first-order valence-corrected chi connectivity index (χ1v) is 8.55. The number of alkyl halides is 3. The molecule has 0 aliphatic carbocycles. The molecule has 0 aromatic carbocycles. The van der Waals surface area contributed by atoms with E-state index in [4.69, 9.17) is 16.3 Å². The highest BCUT2D eigenvalue weighted by Gasteiger charge is 2.31. The van der Waals surface area contributed by atoms with Crippen molar-refractivity contribution in [2.75, 3.05) is 19.7 Å². The third-order valence-corrected chi connectivity index (χ3v) is 3.51. The predicted molar refractivity (Wildman–Crippen MR) is 112 cm³/mol. The molecular weight excluding hydrogens is 510 g/mol. The second kappa shape index (κ2) is 11.9. The van der Waals surface area contributed by atoms with Crippen molar-refractivity contribution in [2.45, 2.75) is 19.6 Å². The number of nitrogens with zero attached hydrogens (tertiary/aromatic N) is 3. The highest BCUT2D eigenvalue weighted by molar-refractivity contribution is 14.0. The molecule has 2 N–H and O–H groups in total. The quantitative estimate of drug-likeness (QED) is 0.246. The maximum atomic E-state index is 12.6. The summed E-state index contributed by atoms with van der Waals surface area (Å²) in [5, 5.41) is 5.93. The van der Waals surface area contributed by atoms with E-state index in [1.807, 2.05) is 25.1 Å². The number of hydrogen-bond donors (Lipinski definition) is 2. The molecule has 0 amide bonds. The maximum Gasteiger partial charge on any atom is 0.417 e. The molecule has 0 spiro atoms. The molecule has 0 saturated heterocycles. The Labute approximate surface area is 183 Å². The maximum absolute atomic E-state index is 12.6. The topological polar surface area (TPSA) is 71.4 Å². The number of nitrogens with one attached hydrogen (secondary N) is 2. The van der Waals surface area contributed by atoms with Crippen LogP contribution in [0.2, 0.25) is 5.02 Å². The summed E-state index contributed by atoms with van der Waals surface area (Å²) in [7, 11) is 0. The normalized spacial score (nSPS) is 11.5. The van der Waals surface area contributed by atoms with Gasteiger partial charge >= 0.3 is 6.18 Å². The van der Waals surface area contributed by atoms with Crippen molar-refractivity contribution in [2.24, 2.45) is 4.99 Å². The fourth-order valence-electron chi connectivity index (χ4n) is 2.00. The standard InChI is InChI=1S/C17H19ClF3N5O.HI/c1-2-22-16(26-11-13-5-3-4-6-23-13)24-7-8-27-15-14(18)9-12(10-25-15)17(19,20)21;/h3-6,9-10H,2,7-8,11H2,1H3,(H2,22,24,26);1H. The average Bonchev–Trinajstić information content (AvgIpc) is 2.64. The van der Waals surface area contributed by atoms with Crippen molar-refractivity contribution in [3.8, 4) is 5.88 Å². The van der Waals surface area contributed by atoms with E-state index in [0.717, 1.165) is 11.8 Å². The monoisotopic (exact) mass is 529 g/mol. The summed E-state index contributed by atoms with van der Waals surface area (Å²) in [5.74, 6) is 0.514. The molecule has 0 aliphatic rings. The third kappa shape index (κ3) is 8.05. The summed E-state index contributed by atoms with van der Waals surface area (Å²) in [6.45, 7) is 3.50. The summed E-state index contributed by atoms with van der Waals surface area (Å²) in [6.07, 6.45) is -2.12. The molecule has 2 aromatic rings. The smallest absolute Gasteiger partial charge is 0.417 e. The number of guanidine groups is 1. The SMILES string of the molecule is CCNC(=NCc1ccccn1)NCCOc1ncc(C(F)(F)F)cc1Cl.I. The zero-order valence-corrected chi connectivity index (χ0v) is 18.0. The number of pyridine rings is 2. The minimum absolute atomic E-state index is 0. The van der Waals surface area contributed by atoms with Crippen LogP contribution < -0.4 is 15.4 Å². The first-order chi connectivity index (χ1) is 12.9. The fourth-order valence-corrected chi connectivity index (χ4v) is 2.22. The van der Waals surface area contributed by atoms with Crippen LogP contribution in [0.1, 0.15) is 18.2 Å². The van der Waals surface area contributed by atoms with Crippen LogP contribution in [0.25, 0.3) is 0 Å². The molecule has 0 radical (unpaired) electrons. The Morgan fingerprint density at radius 2 is 2.04 bits per heavy atom. The number of rotatable bonds is 7. The lowest BCUT2D eigenvalue weighted by Crippen LogP contribution is -2.39. The predicted octanol–water partition coefficient (Wildman–Crippen LogP) is 3.90. The minimum atomic E-state index is -4.50. The van der Waals surface area contributed by atoms with E-state index in [9.17, 15) is 13.2 Å². The Hall–Kier alpha value is -1.82. The van der Waals surface area contributed by atoms with Gasteiger partial charge in [0.2, 0.25) is 5.88 Å². The van der Waals surface area contributed by atoms with Crippen molar-refractivity contribution in [1.29, 1.82) is 0 Å². The number of hydrogen-bond acceptors (Lipinski definition) is 4. The molecule has 0 bridgehead atoms. The zero-order valence-electron chi connectivity index (χ0n) is 15.0. The van der Waals surface area contributed by atoms with Gasteiger partial charge in [-0.3, -0.25) is 4.98 Å². The minimum Gasteiger partial charge on any atom is -0.475 e. The first kappa shape index (κ1) is 24.2. The lowest BCUT2D eigenvalue weighted by molar-refractivity contribution is -0.137. The molecule has 2 heterocycles. The Balaban J connectivity index is 0.00000392. The van der Waals surface area contributed by atoms with Crippen molar-refractivity contribution in [3.05, 3.63) is 52.9 Å². The first-order valence-electron chi connectivity index (χ1n) is 8.17. The van der Waals surface area contributed by atoms with Crippen LogP contribution in [0.4, 0.5) is 13.2 Å². The number of ether oxygens (including phenoxy) is 1. The van der Waals surface area contributed by atoms with Gasteiger partial charge in [0.15, 0.2) is 5.96 Å². The second-order valence-electron chi connectivity index (χ2n) is 5.30. The highest BCUT2D eigenvalue weighted by atomic mass is 127. The van der Waals surface area contributed by atoms with Gasteiger partial charge in [-0.25, -0.2) is 9.98 Å². The molecular formula is C17H20ClF3IN5O. The Kier molecular flexibility index (Phi) is 10.3. The van der Waals surface area contributed by atoms with Crippen molar-refractivity contribution in [3.63, 3.8) is 0 Å². The van der Waals surface area contributed by atoms with Crippen LogP contribution in [0, 0.1) is 0 Å².